The smallest absolute Gasteiger partial charge is 0.145 e. The number of hydrogen-bond donors (Lipinski definition) is 0. The number of carbonyl (C=O) groups excluding carboxylic acids is 1. The molecule has 1 aliphatic rings. The van der Waals surface area contributed by atoms with Gasteiger partial charge in [-0.1, -0.05) is 31.5 Å². The lowest BCUT2D eigenvalue weighted by Crippen LogP contribution is -2.17. The standard InChI is InChI=1S/C14H14ClN3O.C2H6/c1-3-14(2)7-9(6-11(14)19)18-5-4-10-12(15)16-8-17-13(10)18;1-2/h3-5,8-9H,1,6-7H2,2H3;1-2H3/t9?,14-;/m0./s1. The van der Waals surface area contributed by atoms with E-state index in [1.807, 2.05) is 37.6 Å². The molecule has 112 valence electrons. The van der Waals surface area contributed by atoms with E-state index in [4.69, 9.17) is 11.6 Å². The average molecular weight is 306 g/mol. The highest BCUT2D eigenvalue weighted by atomic mass is 35.5. The van der Waals surface area contributed by atoms with Gasteiger partial charge in [0.1, 0.15) is 22.9 Å². The van der Waals surface area contributed by atoms with Crippen LogP contribution in [-0.2, 0) is 4.79 Å². The van der Waals surface area contributed by atoms with E-state index in [0.29, 0.717) is 11.6 Å². The molecule has 0 saturated heterocycles. The van der Waals surface area contributed by atoms with Crippen LogP contribution in [0.5, 0.6) is 0 Å². The second-order valence-corrected chi connectivity index (χ2v) is 5.59. The molecule has 0 amide bonds. The van der Waals surface area contributed by atoms with E-state index < -0.39 is 5.41 Å². The maximum absolute atomic E-state index is 12.1. The van der Waals surface area contributed by atoms with Crippen LogP contribution in [0.4, 0.5) is 0 Å². The number of ketones is 1. The quantitative estimate of drug-likeness (QED) is 0.617. The van der Waals surface area contributed by atoms with Crippen molar-refractivity contribution in [2.45, 2.75) is 39.7 Å². The molecule has 5 heteroatoms. The van der Waals surface area contributed by atoms with Crippen molar-refractivity contribution >= 4 is 28.4 Å². The summed E-state index contributed by atoms with van der Waals surface area (Å²) in [5.74, 6) is 0.231. The molecule has 0 bridgehead atoms. The summed E-state index contributed by atoms with van der Waals surface area (Å²) in [6, 6.07) is 2.00. The predicted octanol–water partition coefficient (Wildman–Crippen LogP) is 4.21. The SMILES string of the molecule is C=C[C@@]1(C)CC(n2ccc3c(Cl)ncnc32)CC1=O.CC. The van der Waals surface area contributed by atoms with Crippen LogP contribution < -0.4 is 0 Å². The van der Waals surface area contributed by atoms with Gasteiger partial charge >= 0.3 is 0 Å². The number of allylic oxidation sites excluding steroid dienone is 1. The minimum absolute atomic E-state index is 0.110. The Bertz CT molecular complexity index is 679. The third-order valence-corrected chi connectivity index (χ3v) is 4.32. The fourth-order valence-electron chi connectivity index (χ4n) is 2.75. The summed E-state index contributed by atoms with van der Waals surface area (Å²) in [7, 11) is 0. The zero-order valence-corrected chi connectivity index (χ0v) is 13.4. The first-order valence-corrected chi connectivity index (χ1v) is 7.57. The molecule has 1 aliphatic carbocycles. The summed E-state index contributed by atoms with van der Waals surface area (Å²) in [6.07, 6.45) is 6.39. The Hall–Kier alpha value is -1.68. The molecule has 1 unspecified atom stereocenters. The van der Waals surface area contributed by atoms with Crippen molar-refractivity contribution in [2.24, 2.45) is 5.41 Å². The number of nitrogens with zero attached hydrogens (tertiary/aromatic N) is 3. The number of halogens is 1. The summed E-state index contributed by atoms with van der Waals surface area (Å²) < 4.78 is 2.02. The second-order valence-electron chi connectivity index (χ2n) is 5.23. The van der Waals surface area contributed by atoms with Crippen molar-refractivity contribution in [1.29, 1.82) is 0 Å². The van der Waals surface area contributed by atoms with Crippen LogP contribution in [0.1, 0.15) is 39.7 Å². The van der Waals surface area contributed by atoms with Gasteiger partial charge in [0.2, 0.25) is 0 Å². The fourth-order valence-corrected chi connectivity index (χ4v) is 2.94. The average Bonchev–Trinajstić information content (AvgIpc) is 3.05. The molecule has 1 fully saturated rings. The van der Waals surface area contributed by atoms with Gasteiger partial charge in [0.05, 0.1) is 5.39 Å². The van der Waals surface area contributed by atoms with E-state index >= 15 is 0 Å². The first-order valence-electron chi connectivity index (χ1n) is 7.19. The van der Waals surface area contributed by atoms with Crippen molar-refractivity contribution in [2.75, 3.05) is 0 Å². The lowest BCUT2D eigenvalue weighted by atomic mass is 9.88. The minimum Gasteiger partial charge on any atom is -0.329 e. The van der Waals surface area contributed by atoms with Crippen LogP contribution >= 0.6 is 11.6 Å². The molecule has 1 saturated carbocycles. The molecular weight excluding hydrogens is 286 g/mol. The highest BCUT2D eigenvalue weighted by molar-refractivity contribution is 6.33. The van der Waals surface area contributed by atoms with Crippen molar-refractivity contribution in [1.82, 2.24) is 14.5 Å². The third kappa shape index (κ3) is 2.60. The van der Waals surface area contributed by atoms with E-state index in [2.05, 4.69) is 16.5 Å². The van der Waals surface area contributed by atoms with Gasteiger partial charge in [0.15, 0.2) is 0 Å². The van der Waals surface area contributed by atoms with E-state index in [0.717, 1.165) is 17.5 Å². The topological polar surface area (TPSA) is 47.8 Å². The summed E-state index contributed by atoms with van der Waals surface area (Å²) in [5.41, 5.74) is 0.351. The molecule has 21 heavy (non-hydrogen) atoms. The van der Waals surface area contributed by atoms with Crippen molar-refractivity contribution < 1.29 is 4.79 Å². The predicted molar refractivity (Wildman–Crippen MR) is 85.5 cm³/mol. The lowest BCUT2D eigenvalue weighted by molar-refractivity contribution is -0.123. The third-order valence-electron chi connectivity index (χ3n) is 4.02. The molecular formula is C16H20ClN3O. The normalized spacial score (nSPS) is 24.8. The van der Waals surface area contributed by atoms with Crippen molar-refractivity contribution in [3.63, 3.8) is 0 Å². The second kappa shape index (κ2) is 5.98. The molecule has 0 aromatic carbocycles. The van der Waals surface area contributed by atoms with Crippen molar-refractivity contribution in [3.05, 3.63) is 36.4 Å². The first kappa shape index (κ1) is 15.7. The van der Waals surface area contributed by atoms with Crippen LogP contribution in [-0.4, -0.2) is 20.3 Å². The molecule has 4 nitrogen and oxygen atoms in total. The Morgan fingerprint density at radius 1 is 1.48 bits per heavy atom. The van der Waals surface area contributed by atoms with Crippen LogP contribution in [0.25, 0.3) is 11.0 Å². The first-order chi connectivity index (χ1) is 10.0. The number of aromatic nitrogens is 3. The highest BCUT2D eigenvalue weighted by Gasteiger charge is 2.41. The molecule has 2 aromatic rings. The monoisotopic (exact) mass is 305 g/mol. The number of hydrogen-bond acceptors (Lipinski definition) is 3. The Kier molecular flexibility index (Phi) is 4.47. The van der Waals surface area contributed by atoms with Gasteiger partial charge in [-0.2, -0.15) is 0 Å². The van der Waals surface area contributed by atoms with E-state index in [9.17, 15) is 4.79 Å². The number of Topliss-reactive ketones (excluding diaryl/α,β-unsaturated/α-hetero) is 1. The number of rotatable bonds is 2. The zero-order chi connectivity index (χ0) is 15.6. The number of fused-ring (bicyclic) bond motifs is 1. The summed E-state index contributed by atoms with van der Waals surface area (Å²) in [6.45, 7) is 9.72. The van der Waals surface area contributed by atoms with Crippen molar-refractivity contribution in [3.8, 4) is 0 Å². The minimum atomic E-state index is -0.432. The Labute approximate surface area is 129 Å². The van der Waals surface area contributed by atoms with Gasteiger partial charge in [-0.05, 0) is 19.4 Å². The molecule has 2 aromatic heterocycles. The molecule has 0 N–H and O–H groups in total. The zero-order valence-electron chi connectivity index (χ0n) is 12.6. The van der Waals surface area contributed by atoms with E-state index in [-0.39, 0.29) is 11.8 Å². The molecule has 0 radical (unpaired) electrons. The van der Waals surface area contributed by atoms with E-state index in [1.54, 1.807) is 6.08 Å². The lowest BCUT2D eigenvalue weighted by Gasteiger charge is -2.17. The van der Waals surface area contributed by atoms with E-state index in [1.165, 1.54) is 6.33 Å². The van der Waals surface area contributed by atoms with Crippen LogP contribution in [0.15, 0.2) is 31.2 Å². The molecule has 0 aliphatic heterocycles. The van der Waals surface area contributed by atoms with Crippen LogP contribution in [0.2, 0.25) is 5.15 Å². The maximum atomic E-state index is 12.1. The van der Waals surface area contributed by atoms with Gasteiger partial charge < -0.3 is 4.57 Å². The molecule has 3 rings (SSSR count). The highest BCUT2D eigenvalue weighted by Crippen LogP contribution is 2.43. The largest absolute Gasteiger partial charge is 0.329 e. The Morgan fingerprint density at radius 2 is 2.19 bits per heavy atom. The maximum Gasteiger partial charge on any atom is 0.145 e. The van der Waals surface area contributed by atoms with Crippen LogP contribution in [0, 0.1) is 5.41 Å². The van der Waals surface area contributed by atoms with Gasteiger partial charge in [0.25, 0.3) is 0 Å². The van der Waals surface area contributed by atoms with Crippen LogP contribution in [0.3, 0.4) is 0 Å². The van der Waals surface area contributed by atoms with Gasteiger partial charge in [-0.15, -0.1) is 6.58 Å². The molecule has 0 spiro atoms. The summed E-state index contributed by atoms with van der Waals surface area (Å²) in [4.78, 5) is 20.3. The molecule has 2 atom stereocenters. The number of carbonyl (C=O) groups is 1. The van der Waals surface area contributed by atoms with Gasteiger partial charge in [-0.25, -0.2) is 9.97 Å². The summed E-state index contributed by atoms with van der Waals surface area (Å²) in [5, 5.41) is 1.27. The summed E-state index contributed by atoms with van der Waals surface area (Å²) >= 11 is 6.04. The Morgan fingerprint density at radius 3 is 2.81 bits per heavy atom. The molecule has 2 heterocycles. The van der Waals surface area contributed by atoms with Gasteiger partial charge in [0, 0.05) is 24.1 Å². The van der Waals surface area contributed by atoms with Gasteiger partial charge in [-0.3, -0.25) is 4.79 Å². The Balaban J connectivity index is 0.000000774. The fraction of sp³-hybridized carbons (Fsp3) is 0.438.